The van der Waals surface area contributed by atoms with E-state index in [4.69, 9.17) is 13.2 Å². The molecule has 0 heterocycles. The molecule has 1 rings (SSSR count). The fourth-order valence-electron chi connectivity index (χ4n) is 0.511. The molecule has 1 aromatic rings. The number of hydrogen-bond donors (Lipinski definition) is 0. The minimum Gasteiger partial charge on any atom is -0.306 e. The molecular formula is C8H6Y11-2. The van der Waals surface area contributed by atoms with Gasteiger partial charge in [-0.05, 0) is 0 Å². The van der Waals surface area contributed by atoms with Crippen LogP contribution in [-0.4, -0.2) is 0 Å². The normalized spacial score (nSPS) is 3.79. The Labute approximate surface area is 394 Å². The molecule has 0 aliphatic carbocycles. The molecule has 0 saturated carbocycles. The van der Waals surface area contributed by atoms with Crippen molar-refractivity contribution >= 4 is 13.2 Å². The summed E-state index contributed by atoms with van der Waals surface area (Å²) in [5, 5.41) is 1.29. The molecule has 0 nitrogen and oxygen atoms in total. The molecule has 0 aromatic heterocycles. The van der Waals surface area contributed by atoms with Crippen molar-refractivity contribution in [2.75, 3.05) is 0 Å². The first kappa shape index (κ1) is 69.9. The summed E-state index contributed by atoms with van der Waals surface area (Å²) in [6, 6.07) is 7.25. The van der Waals surface area contributed by atoms with Gasteiger partial charge in [0.2, 0.25) is 0 Å². The molecule has 19 heavy (non-hydrogen) atoms. The standard InChI is InChI=1S/C8H6.11Y/c1-7-5-3-4-6-8(7)2;;;;;;;;;;;/h1-6H;;;;;;;;;;;/q-2;;;;;;;;;;;. The van der Waals surface area contributed by atoms with Gasteiger partial charge in [0.25, 0.3) is 0 Å². The Balaban J connectivity index is -0.00000000646. The van der Waals surface area contributed by atoms with E-state index in [-0.39, 0.29) is 360 Å². The second-order valence-electron chi connectivity index (χ2n) is 1.63. The van der Waals surface area contributed by atoms with Gasteiger partial charge in [0, 0.05) is 360 Å². The van der Waals surface area contributed by atoms with Crippen LogP contribution in [-0.2, 0) is 360 Å². The molecule has 0 N–H and O–H groups in total. The average Bonchev–Trinajstić information content (AvgIpc) is 1.77. The van der Waals surface area contributed by atoms with E-state index >= 15 is 0 Å². The molecule has 0 amide bonds. The van der Waals surface area contributed by atoms with Gasteiger partial charge in [0.15, 0.2) is 0 Å². The fourth-order valence-corrected chi connectivity index (χ4v) is 0.511. The summed E-state index contributed by atoms with van der Waals surface area (Å²) in [5.74, 6) is 0. The molecule has 1 aromatic carbocycles. The van der Waals surface area contributed by atoms with Gasteiger partial charge in [0.05, 0.1) is 0 Å². The Morgan fingerprint density at radius 1 is 0.421 bits per heavy atom. The van der Waals surface area contributed by atoms with Crippen molar-refractivity contribution in [3.63, 3.8) is 0 Å². The molecule has 0 atom stereocenters. The van der Waals surface area contributed by atoms with Crippen LogP contribution < -0.4 is 10.4 Å². The van der Waals surface area contributed by atoms with Crippen LogP contribution in [0.3, 0.4) is 0 Å². The molecule has 0 fully saturated rings. The average molecular weight is 1080 g/mol. The summed E-state index contributed by atoms with van der Waals surface area (Å²) in [6.07, 6.45) is 0. The first-order chi connectivity index (χ1) is 3.80. The summed E-state index contributed by atoms with van der Waals surface area (Å²) in [4.78, 5) is 0. The fraction of sp³-hybridized carbons (Fsp3) is 0. The molecule has 0 aliphatic heterocycles. The van der Waals surface area contributed by atoms with E-state index in [2.05, 4.69) is 0 Å². The third-order valence-electron chi connectivity index (χ3n) is 0.996. The van der Waals surface area contributed by atoms with Crippen molar-refractivity contribution in [3.8, 4) is 0 Å². The zero-order valence-electron chi connectivity index (χ0n) is 10.8. The topological polar surface area (TPSA) is 0 Å². The van der Waals surface area contributed by atoms with Crippen LogP contribution in [0.1, 0.15) is 0 Å². The molecule has 0 aliphatic rings. The van der Waals surface area contributed by atoms with Crippen LogP contribution in [0.2, 0.25) is 0 Å². The molecule has 0 unspecified atom stereocenters. The Kier molecular flexibility index (Phi) is 190. The summed E-state index contributed by atoms with van der Waals surface area (Å²) in [5.41, 5.74) is 0. The van der Waals surface area contributed by atoms with Gasteiger partial charge in [-0.1, -0.05) is 0 Å². The zero-order valence-corrected chi connectivity index (χ0v) is 42.0. The maximum atomic E-state index is 5.39. The van der Waals surface area contributed by atoms with Gasteiger partial charge < -0.3 is 10.4 Å². The van der Waals surface area contributed by atoms with Crippen LogP contribution >= 0.6 is 0 Å². The Morgan fingerprint density at radius 3 is 0.684 bits per heavy atom. The minimum atomic E-state index is 0. The van der Waals surface area contributed by atoms with E-state index in [0.717, 1.165) is 0 Å². The van der Waals surface area contributed by atoms with E-state index in [1.54, 1.807) is 12.1 Å². The SMILES string of the molecule is [CH-]=c1ccccc1=[CH-].[Y].[Y].[Y].[Y].[Y].[Y].[Y].[Y].[Y].[Y].[Y]. The zero-order chi connectivity index (χ0) is 5.98. The summed E-state index contributed by atoms with van der Waals surface area (Å²) < 4.78 is 0. The maximum absolute atomic E-state index is 5.39. The van der Waals surface area contributed by atoms with E-state index in [0.29, 0.717) is 10.4 Å². The van der Waals surface area contributed by atoms with E-state index in [1.165, 1.54) is 0 Å². The van der Waals surface area contributed by atoms with Crippen molar-refractivity contribution in [2.45, 2.75) is 0 Å². The van der Waals surface area contributed by atoms with E-state index in [9.17, 15) is 0 Å². The summed E-state index contributed by atoms with van der Waals surface area (Å²) in [6.45, 7) is 10.8. The van der Waals surface area contributed by atoms with Crippen molar-refractivity contribution < 1.29 is 360 Å². The van der Waals surface area contributed by atoms with Gasteiger partial charge >= 0.3 is 0 Å². The molecule has 11 heteroatoms. The smallest absolute Gasteiger partial charge is 0 e. The van der Waals surface area contributed by atoms with Crippen LogP contribution in [0.15, 0.2) is 24.3 Å². The number of hydrogen-bond acceptors (Lipinski definition) is 0. The largest absolute Gasteiger partial charge is 0.306 e. The molecule has 73 valence electrons. The predicted octanol–water partition coefficient (Wildman–Crippen LogP) is 0.234. The number of rotatable bonds is 0. The van der Waals surface area contributed by atoms with Gasteiger partial charge in [0.1, 0.15) is 0 Å². The van der Waals surface area contributed by atoms with Crippen LogP contribution in [0.4, 0.5) is 0 Å². The third-order valence-corrected chi connectivity index (χ3v) is 0.996. The summed E-state index contributed by atoms with van der Waals surface area (Å²) >= 11 is 0. The van der Waals surface area contributed by atoms with Crippen LogP contribution in [0.5, 0.6) is 0 Å². The van der Waals surface area contributed by atoms with Crippen molar-refractivity contribution in [1.82, 2.24) is 0 Å². The Hall–Kier alpha value is 11.1. The van der Waals surface area contributed by atoms with Gasteiger partial charge in [-0.2, -0.15) is 0 Å². The monoisotopic (exact) mass is 1080 g/mol. The van der Waals surface area contributed by atoms with Crippen LogP contribution in [0, 0.1) is 0 Å². The quantitative estimate of drug-likeness (QED) is 0.328. The third kappa shape index (κ3) is 43.8. The minimum absolute atomic E-state index is 0. The molecule has 0 saturated heterocycles. The summed E-state index contributed by atoms with van der Waals surface area (Å²) in [7, 11) is 0. The van der Waals surface area contributed by atoms with Crippen LogP contribution in [0.25, 0.3) is 13.2 Å². The first-order valence-corrected chi connectivity index (χ1v) is 2.40. The Bertz CT molecular complexity index is 249. The second kappa shape index (κ2) is 51.6. The maximum Gasteiger partial charge on any atom is 0 e. The van der Waals surface area contributed by atoms with Crippen molar-refractivity contribution in [2.24, 2.45) is 0 Å². The second-order valence-corrected chi connectivity index (χ2v) is 1.63. The predicted molar refractivity (Wildman–Crippen MR) is 34.6 cm³/mol. The van der Waals surface area contributed by atoms with E-state index < -0.39 is 0 Å². The van der Waals surface area contributed by atoms with Gasteiger partial charge in [-0.3, -0.25) is 13.2 Å². The first-order valence-electron chi connectivity index (χ1n) is 2.40. The molecular weight excluding hydrogens is 1070 g/mol. The van der Waals surface area contributed by atoms with Gasteiger partial charge in [-0.15, -0.1) is 12.1 Å². The van der Waals surface area contributed by atoms with Gasteiger partial charge in [-0.25, -0.2) is 12.1 Å². The van der Waals surface area contributed by atoms with Crippen molar-refractivity contribution in [3.05, 3.63) is 34.7 Å². The molecule has 0 bridgehead atoms. The van der Waals surface area contributed by atoms with E-state index in [1.807, 2.05) is 12.1 Å². The Morgan fingerprint density at radius 2 is 0.579 bits per heavy atom. The number of benzene rings is 1. The molecule has 0 spiro atoms. The van der Waals surface area contributed by atoms with Crippen molar-refractivity contribution in [1.29, 1.82) is 0 Å². The molecule has 11 radical (unpaired) electrons.